The third kappa shape index (κ3) is 8.66. The van der Waals surface area contributed by atoms with Gasteiger partial charge >= 0.3 is 11.7 Å². The molecule has 2 aromatic carbocycles. The molecule has 1 N–H and O–H groups in total. The van der Waals surface area contributed by atoms with Crippen LogP contribution in [-0.4, -0.2) is 100 Å². The topological polar surface area (TPSA) is 121 Å². The number of likely N-dealkylation sites (tertiary alicyclic amines) is 3. The molecule has 0 bridgehead atoms. The van der Waals surface area contributed by atoms with Crippen molar-refractivity contribution in [2.75, 3.05) is 52.9 Å². The predicted molar refractivity (Wildman–Crippen MR) is 192 cm³/mol. The van der Waals surface area contributed by atoms with Gasteiger partial charge < -0.3 is 14.5 Å². The number of ether oxygens (including phenoxy) is 1. The van der Waals surface area contributed by atoms with Crippen LogP contribution in [0.25, 0.3) is 11.4 Å². The number of nitrogens with one attached hydrogen (secondary N) is 1. The van der Waals surface area contributed by atoms with Crippen molar-refractivity contribution >= 4 is 29.4 Å². The summed E-state index contributed by atoms with van der Waals surface area (Å²) in [6.45, 7) is 6.51. The summed E-state index contributed by atoms with van der Waals surface area (Å²) < 4.78 is 6.35. The van der Waals surface area contributed by atoms with Crippen LogP contribution in [0.3, 0.4) is 0 Å². The van der Waals surface area contributed by atoms with Crippen molar-refractivity contribution in [3.63, 3.8) is 0 Å². The number of esters is 1. The second-order valence-electron chi connectivity index (χ2n) is 14.2. The number of aryl methyl sites for hydroxylation is 1. The molecule has 1 unspecified atom stereocenters. The Morgan fingerprint density at radius 1 is 0.900 bits per heavy atom. The first-order valence-electron chi connectivity index (χ1n) is 18.0. The van der Waals surface area contributed by atoms with Gasteiger partial charge in [-0.3, -0.25) is 24.3 Å². The number of methoxy groups -OCH3 is 1. The molecule has 50 heavy (non-hydrogen) atoms. The van der Waals surface area contributed by atoms with Gasteiger partial charge in [0.15, 0.2) is 5.82 Å². The maximum Gasteiger partial charge on any atom is 0.343 e. The van der Waals surface area contributed by atoms with Gasteiger partial charge in [0, 0.05) is 43.2 Å². The number of H-pyrrole nitrogens is 1. The van der Waals surface area contributed by atoms with Crippen LogP contribution >= 0.6 is 11.6 Å². The molecule has 0 aliphatic carbocycles. The SMILES string of the molecule is COC(=O)CN1CCC(C2CCN(C(=O)C(CC(=O)N3CCC(n4nc(-c5ccccc5)[nH]c4=O)CC3)Cc3ccc(Cl)c(C)c3)CC2)CC1. The van der Waals surface area contributed by atoms with Crippen LogP contribution in [0.1, 0.15) is 62.1 Å². The summed E-state index contributed by atoms with van der Waals surface area (Å²) in [4.78, 5) is 61.3. The monoisotopic (exact) mass is 704 g/mol. The summed E-state index contributed by atoms with van der Waals surface area (Å²) in [5, 5.41) is 5.26. The van der Waals surface area contributed by atoms with E-state index in [1.54, 1.807) is 0 Å². The number of aromatic nitrogens is 3. The molecule has 2 amide bonds. The molecule has 6 rings (SSSR count). The summed E-state index contributed by atoms with van der Waals surface area (Å²) >= 11 is 6.31. The largest absolute Gasteiger partial charge is 0.468 e. The summed E-state index contributed by atoms with van der Waals surface area (Å²) in [7, 11) is 1.43. The molecule has 3 aliphatic rings. The molecule has 0 saturated carbocycles. The standard InChI is InChI=1S/C38H49ClN6O5/c1-26-22-27(8-9-33(26)39)23-31(37(48)44-18-12-29(13-19-44)28-10-16-42(17-11-28)25-35(47)50-2)24-34(46)43-20-14-32(15-21-43)45-38(49)40-36(41-45)30-6-4-3-5-7-30/h3-9,22,28-29,31-32H,10-21,23-25H2,1-2H3,(H,40,41,49). The molecule has 1 aromatic heterocycles. The van der Waals surface area contributed by atoms with Crippen molar-refractivity contribution in [1.29, 1.82) is 0 Å². The molecule has 1 atom stereocenters. The molecule has 3 aromatic rings. The highest BCUT2D eigenvalue weighted by Gasteiger charge is 2.35. The van der Waals surface area contributed by atoms with E-state index in [4.69, 9.17) is 16.3 Å². The Kier molecular flexibility index (Phi) is 11.7. The normalized spacial score (nSPS) is 19.0. The lowest BCUT2D eigenvalue weighted by Crippen LogP contribution is -2.47. The summed E-state index contributed by atoms with van der Waals surface area (Å²) in [5.41, 5.74) is 2.55. The minimum atomic E-state index is -0.471. The van der Waals surface area contributed by atoms with Crippen LogP contribution in [-0.2, 0) is 25.5 Å². The average molecular weight is 705 g/mol. The van der Waals surface area contributed by atoms with Crippen LogP contribution in [0, 0.1) is 24.7 Å². The van der Waals surface area contributed by atoms with E-state index in [9.17, 15) is 19.2 Å². The highest BCUT2D eigenvalue weighted by Crippen LogP contribution is 2.34. The molecule has 0 spiro atoms. The van der Waals surface area contributed by atoms with Crippen molar-refractivity contribution in [2.45, 2.75) is 64.3 Å². The molecule has 3 aliphatic heterocycles. The lowest BCUT2D eigenvalue weighted by atomic mass is 9.78. The maximum absolute atomic E-state index is 14.2. The van der Waals surface area contributed by atoms with Crippen LogP contribution in [0.2, 0.25) is 5.02 Å². The van der Waals surface area contributed by atoms with E-state index in [0.29, 0.717) is 74.7 Å². The second-order valence-corrected chi connectivity index (χ2v) is 14.6. The van der Waals surface area contributed by atoms with Gasteiger partial charge in [-0.25, -0.2) is 9.48 Å². The predicted octanol–water partition coefficient (Wildman–Crippen LogP) is 4.74. The van der Waals surface area contributed by atoms with Crippen LogP contribution in [0.5, 0.6) is 0 Å². The maximum atomic E-state index is 14.2. The number of carbonyl (C=O) groups excluding carboxylic acids is 3. The van der Waals surface area contributed by atoms with E-state index in [1.807, 2.05) is 65.3 Å². The van der Waals surface area contributed by atoms with Gasteiger partial charge in [0.2, 0.25) is 11.8 Å². The van der Waals surface area contributed by atoms with Gasteiger partial charge in [0.05, 0.1) is 25.6 Å². The number of carbonyl (C=O) groups is 3. The second kappa shape index (κ2) is 16.4. The number of amides is 2. The van der Waals surface area contributed by atoms with Crippen molar-refractivity contribution < 1.29 is 19.1 Å². The minimum Gasteiger partial charge on any atom is -0.468 e. The zero-order chi connectivity index (χ0) is 35.2. The van der Waals surface area contributed by atoms with Gasteiger partial charge in [-0.15, -0.1) is 5.10 Å². The quantitative estimate of drug-likeness (QED) is 0.303. The first kappa shape index (κ1) is 35.9. The molecule has 268 valence electrons. The Bertz CT molecular complexity index is 1680. The first-order chi connectivity index (χ1) is 24.2. The molecule has 3 fully saturated rings. The van der Waals surface area contributed by atoms with E-state index in [-0.39, 0.29) is 35.9 Å². The summed E-state index contributed by atoms with van der Waals surface area (Å²) in [5.74, 6) is 1.06. The minimum absolute atomic E-state index is 0.0274. The van der Waals surface area contributed by atoms with Crippen molar-refractivity contribution in [1.82, 2.24) is 29.5 Å². The van der Waals surface area contributed by atoms with Crippen LogP contribution in [0.4, 0.5) is 0 Å². The molecule has 11 nitrogen and oxygen atoms in total. The number of nitrogens with zero attached hydrogens (tertiary/aromatic N) is 5. The Hall–Kier alpha value is -3.96. The molecule has 4 heterocycles. The highest BCUT2D eigenvalue weighted by atomic mass is 35.5. The van der Waals surface area contributed by atoms with Gasteiger partial charge in [-0.2, -0.15) is 0 Å². The summed E-state index contributed by atoms with van der Waals surface area (Å²) in [6.07, 6.45) is 5.89. The van der Waals surface area contributed by atoms with Crippen molar-refractivity contribution in [3.05, 3.63) is 75.2 Å². The van der Waals surface area contributed by atoms with E-state index in [1.165, 1.54) is 11.8 Å². The fourth-order valence-corrected chi connectivity index (χ4v) is 8.17. The fourth-order valence-electron chi connectivity index (χ4n) is 8.05. The summed E-state index contributed by atoms with van der Waals surface area (Å²) in [6, 6.07) is 15.3. The number of rotatable bonds is 10. The van der Waals surface area contributed by atoms with E-state index < -0.39 is 5.92 Å². The molecular formula is C38H49ClN6O5. The highest BCUT2D eigenvalue weighted by molar-refractivity contribution is 6.31. The number of benzene rings is 2. The van der Waals surface area contributed by atoms with Crippen molar-refractivity contribution in [2.24, 2.45) is 17.8 Å². The number of hydrogen-bond donors (Lipinski definition) is 1. The van der Waals surface area contributed by atoms with Crippen molar-refractivity contribution in [3.8, 4) is 11.4 Å². The lowest BCUT2D eigenvalue weighted by Gasteiger charge is -2.41. The third-order valence-electron chi connectivity index (χ3n) is 11.1. The Balaban J connectivity index is 1.06. The van der Waals surface area contributed by atoms with Gasteiger partial charge in [0.25, 0.3) is 0 Å². The Morgan fingerprint density at radius 2 is 1.54 bits per heavy atom. The molecular weight excluding hydrogens is 656 g/mol. The lowest BCUT2D eigenvalue weighted by molar-refractivity contribution is -0.143. The Morgan fingerprint density at radius 3 is 2.18 bits per heavy atom. The van der Waals surface area contributed by atoms with Gasteiger partial charge in [-0.05, 0) is 94.0 Å². The van der Waals surface area contributed by atoms with Crippen LogP contribution < -0.4 is 5.69 Å². The van der Waals surface area contributed by atoms with Gasteiger partial charge in [-0.1, -0.05) is 54.1 Å². The Labute approximate surface area is 298 Å². The number of aromatic amines is 1. The average Bonchev–Trinajstić information content (AvgIpc) is 3.54. The zero-order valence-corrected chi connectivity index (χ0v) is 29.9. The molecule has 12 heteroatoms. The zero-order valence-electron chi connectivity index (χ0n) is 29.2. The van der Waals surface area contributed by atoms with E-state index >= 15 is 0 Å². The third-order valence-corrected chi connectivity index (χ3v) is 11.5. The fraction of sp³-hybridized carbons (Fsp3) is 0.553. The van der Waals surface area contributed by atoms with Crippen LogP contribution in [0.15, 0.2) is 53.3 Å². The van der Waals surface area contributed by atoms with E-state index in [0.717, 1.165) is 55.5 Å². The number of piperidine rings is 3. The van der Waals surface area contributed by atoms with Gasteiger partial charge in [0.1, 0.15) is 0 Å². The molecule has 0 radical (unpaired) electrons. The molecule has 3 saturated heterocycles. The smallest absolute Gasteiger partial charge is 0.343 e. The number of hydrogen-bond acceptors (Lipinski definition) is 7. The number of halogens is 1. The van der Waals surface area contributed by atoms with E-state index in [2.05, 4.69) is 15.0 Å². The first-order valence-corrected chi connectivity index (χ1v) is 18.4.